The molecule has 2 rings (SSSR count). The van der Waals surface area contributed by atoms with Crippen LogP contribution in [0.3, 0.4) is 0 Å². The summed E-state index contributed by atoms with van der Waals surface area (Å²) >= 11 is 1.77. The van der Waals surface area contributed by atoms with Crippen LogP contribution in [-0.2, 0) is 17.6 Å². The average molecular weight is 226 g/mol. The zero-order valence-electron chi connectivity index (χ0n) is 9.16. The summed E-state index contributed by atoms with van der Waals surface area (Å²) in [5, 5.41) is 6.91. The molecule has 0 amide bonds. The molecule has 0 aromatic carbocycles. The summed E-state index contributed by atoms with van der Waals surface area (Å²) in [6.07, 6.45) is 3.23. The summed E-state index contributed by atoms with van der Waals surface area (Å²) in [5.41, 5.74) is 1.23. The van der Waals surface area contributed by atoms with Crippen LogP contribution in [0.15, 0.2) is 5.38 Å². The van der Waals surface area contributed by atoms with Crippen LogP contribution in [0.1, 0.15) is 24.0 Å². The molecule has 1 aliphatic rings. The van der Waals surface area contributed by atoms with Crippen molar-refractivity contribution in [3.05, 3.63) is 16.1 Å². The highest BCUT2D eigenvalue weighted by molar-refractivity contribution is 7.09. The molecule has 1 aromatic rings. The highest BCUT2D eigenvalue weighted by Gasteiger charge is 2.14. The van der Waals surface area contributed by atoms with E-state index >= 15 is 0 Å². The minimum atomic E-state index is 0.564. The molecule has 0 aliphatic carbocycles. The maximum atomic E-state index is 5.31. The lowest BCUT2D eigenvalue weighted by molar-refractivity contribution is 0.190. The van der Waals surface area contributed by atoms with E-state index in [2.05, 4.69) is 22.6 Å². The first-order chi connectivity index (χ1) is 7.38. The van der Waals surface area contributed by atoms with E-state index < -0.39 is 0 Å². The molecule has 0 radical (unpaired) electrons. The zero-order chi connectivity index (χ0) is 10.5. The van der Waals surface area contributed by atoms with Crippen molar-refractivity contribution < 1.29 is 4.74 Å². The second-order valence-corrected chi connectivity index (χ2v) is 4.79. The quantitative estimate of drug-likeness (QED) is 0.828. The zero-order valence-corrected chi connectivity index (χ0v) is 9.98. The van der Waals surface area contributed by atoms with Gasteiger partial charge in [0, 0.05) is 31.0 Å². The van der Waals surface area contributed by atoms with Gasteiger partial charge in [0.25, 0.3) is 0 Å². The van der Waals surface area contributed by atoms with Crippen LogP contribution in [0.4, 0.5) is 0 Å². The van der Waals surface area contributed by atoms with E-state index in [0.717, 1.165) is 39.0 Å². The van der Waals surface area contributed by atoms with Crippen molar-refractivity contribution in [3.63, 3.8) is 0 Å². The number of hydrogen-bond donors (Lipinski definition) is 1. The Bertz CT molecular complexity index is 295. The van der Waals surface area contributed by atoms with Crippen LogP contribution >= 0.6 is 11.3 Å². The lowest BCUT2D eigenvalue weighted by Gasteiger charge is -2.08. The molecule has 1 unspecified atom stereocenters. The van der Waals surface area contributed by atoms with Crippen molar-refractivity contribution in [2.45, 2.75) is 32.2 Å². The first-order valence-corrected chi connectivity index (χ1v) is 6.51. The molecule has 15 heavy (non-hydrogen) atoms. The second kappa shape index (κ2) is 5.58. The van der Waals surface area contributed by atoms with E-state index in [0.29, 0.717) is 6.04 Å². The van der Waals surface area contributed by atoms with Crippen molar-refractivity contribution >= 4 is 11.3 Å². The van der Waals surface area contributed by atoms with Crippen molar-refractivity contribution in [1.82, 2.24) is 10.3 Å². The highest BCUT2D eigenvalue weighted by Crippen LogP contribution is 2.10. The van der Waals surface area contributed by atoms with Crippen molar-refractivity contribution in [3.8, 4) is 0 Å². The highest BCUT2D eigenvalue weighted by atomic mass is 32.1. The summed E-state index contributed by atoms with van der Waals surface area (Å²) in [6.45, 7) is 4.95. The number of rotatable bonds is 5. The second-order valence-electron chi connectivity index (χ2n) is 3.85. The third-order valence-corrected chi connectivity index (χ3v) is 3.69. The number of ether oxygens (including phenoxy) is 1. The van der Waals surface area contributed by atoms with Gasteiger partial charge in [0.05, 0.1) is 17.3 Å². The number of hydrogen-bond acceptors (Lipinski definition) is 4. The van der Waals surface area contributed by atoms with Crippen molar-refractivity contribution in [2.75, 3.05) is 19.8 Å². The minimum Gasteiger partial charge on any atom is -0.380 e. The van der Waals surface area contributed by atoms with Gasteiger partial charge >= 0.3 is 0 Å². The molecule has 1 fully saturated rings. The summed E-state index contributed by atoms with van der Waals surface area (Å²) in [7, 11) is 0. The smallest absolute Gasteiger partial charge is 0.0925 e. The third-order valence-electron chi connectivity index (χ3n) is 2.65. The molecule has 4 heteroatoms. The van der Waals surface area contributed by atoms with E-state index in [1.807, 2.05) is 0 Å². The van der Waals surface area contributed by atoms with E-state index in [1.165, 1.54) is 10.7 Å². The lowest BCUT2D eigenvalue weighted by Crippen LogP contribution is -2.30. The molecule has 0 saturated carbocycles. The molecule has 1 aliphatic heterocycles. The lowest BCUT2D eigenvalue weighted by atomic mass is 10.2. The van der Waals surface area contributed by atoms with Gasteiger partial charge in [-0.15, -0.1) is 11.3 Å². The van der Waals surface area contributed by atoms with Gasteiger partial charge in [0.1, 0.15) is 0 Å². The third kappa shape index (κ3) is 3.26. The van der Waals surface area contributed by atoms with E-state index in [9.17, 15) is 0 Å². The predicted octanol–water partition coefficient (Wildman–Crippen LogP) is 1.63. The Morgan fingerprint density at radius 2 is 2.60 bits per heavy atom. The normalized spacial score (nSPS) is 21.0. The molecule has 1 aromatic heterocycles. The van der Waals surface area contributed by atoms with Crippen molar-refractivity contribution in [1.29, 1.82) is 0 Å². The Morgan fingerprint density at radius 3 is 3.27 bits per heavy atom. The summed E-state index contributed by atoms with van der Waals surface area (Å²) in [5.74, 6) is 0. The number of thiazole rings is 1. The van der Waals surface area contributed by atoms with E-state index in [1.54, 1.807) is 11.3 Å². The Morgan fingerprint density at radius 1 is 1.67 bits per heavy atom. The molecule has 0 bridgehead atoms. The molecular formula is C11H18N2OS. The fraction of sp³-hybridized carbons (Fsp3) is 0.727. The number of nitrogens with one attached hydrogen (secondary N) is 1. The molecule has 84 valence electrons. The van der Waals surface area contributed by atoms with Crippen LogP contribution in [0.25, 0.3) is 0 Å². The van der Waals surface area contributed by atoms with Crippen LogP contribution in [0, 0.1) is 0 Å². The van der Waals surface area contributed by atoms with Gasteiger partial charge in [0.15, 0.2) is 0 Å². The number of aromatic nitrogens is 1. The Hall–Kier alpha value is -0.450. The SMILES string of the molecule is CCc1nc(CCNC2CCOC2)cs1. The van der Waals surface area contributed by atoms with Gasteiger partial charge < -0.3 is 10.1 Å². The van der Waals surface area contributed by atoms with Crippen LogP contribution < -0.4 is 5.32 Å². The standard InChI is InChI=1S/C11H18N2OS/c1-2-11-13-10(8-15-11)3-5-12-9-4-6-14-7-9/h8-9,12H,2-7H2,1H3. The van der Waals surface area contributed by atoms with Crippen molar-refractivity contribution in [2.24, 2.45) is 0 Å². The van der Waals surface area contributed by atoms with Crippen LogP contribution in [0.5, 0.6) is 0 Å². The largest absolute Gasteiger partial charge is 0.380 e. The molecular weight excluding hydrogens is 208 g/mol. The number of aryl methyl sites for hydroxylation is 1. The van der Waals surface area contributed by atoms with Crippen LogP contribution in [-0.4, -0.2) is 30.8 Å². The average Bonchev–Trinajstić information content (AvgIpc) is 2.88. The maximum Gasteiger partial charge on any atom is 0.0925 e. The van der Waals surface area contributed by atoms with E-state index in [4.69, 9.17) is 4.74 Å². The molecule has 2 heterocycles. The minimum absolute atomic E-state index is 0.564. The molecule has 1 N–H and O–H groups in total. The van der Waals surface area contributed by atoms with Crippen LogP contribution in [0.2, 0.25) is 0 Å². The van der Waals surface area contributed by atoms with E-state index in [-0.39, 0.29) is 0 Å². The summed E-state index contributed by atoms with van der Waals surface area (Å²) in [6, 6.07) is 0.564. The number of nitrogens with zero attached hydrogens (tertiary/aromatic N) is 1. The fourth-order valence-electron chi connectivity index (χ4n) is 1.73. The Labute approximate surface area is 94.9 Å². The van der Waals surface area contributed by atoms with Gasteiger partial charge in [-0.25, -0.2) is 4.98 Å². The molecule has 0 spiro atoms. The fourth-order valence-corrected chi connectivity index (χ4v) is 2.51. The van der Waals surface area contributed by atoms with Gasteiger partial charge in [0.2, 0.25) is 0 Å². The Balaban J connectivity index is 1.68. The predicted molar refractivity (Wildman–Crippen MR) is 62.4 cm³/mol. The monoisotopic (exact) mass is 226 g/mol. The first-order valence-electron chi connectivity index (χ1n) is 5.63. The molecule has 3 nitrogen and oxygen atoms in total. The van der Waals surface area contributed by atoms with Gasteiger partial charge in [-0.05, 0) is 12.8 Å². The van der Waals surface area contributed by atoms with Gasteiger partial charge in [-0.1, -0.05) is 6.92 Å². The van der Waals surface area contributed by atoms with Gasteiger partial charge in [-0.2, -0.15) is 0 Å². The maximum absolute atomic E-state index is 5.31. The molecule has 1 saturated heterocycles. The molecule has 1 atom stereocenters. The topological polar surface area (TPSA) is 34.2 Å². The summed E-state index contributed by atoms with van der Waals surface area (Å²) in [4.78, 5) is 4.54. The first kappa shape index (κ1) is 11.0. The summed E-state index contributed by atoms with van der Waals surface area (Å²) < 4.78 is 5.31. The Kier molecular flexibility index (Phi) is 4.11. The van der Waals surface area contributed by atoms with Gasteiger partial charge in [-0.3, -0.25) is 0 Å².